The Morgan fingerprint density at radius 3 is 2.16 bits per heavy atom. The van der Waals surface area contributed by atoms with Crippen LogP contribution in [0, 0.1) is 11.7 Å². The van der Waals surface area contributed by atoms with Crippen LogP contribution in [-0.2, 0) is 29.0 Å². The molecule has 202 valence electrons. The average molecular weight is 521 g/mol. The third kappa shape index (κ3) is 8.33. The molecule has 0 aliphatic heterocycles. The van der Waals surface area contributed by atoms with E-state index in [1.165, 1.54) is 12.1 Å². The highest BCUT2D eigenvalue weighted by Gasteiger charge is 2.30. The lowest BCUT2D eigenvalue weighted by Gasteiger charge is -2.32. The highest BCUT2D eigenvalue weighted by molar-refractivity contribution is 5.88. The third-order valence-electron chi connectivity index (χ3n) is 6.30. The summed E-state index contributed by atoms with van der Waals surface area (Å²) in [5, 5.41) is 3.01. The molecule has 1 atom stereocenters. The summed E-state index contributed by atoms with van der Waals surface area (Å²) in [6, 6.07) is 20.5. The Hall–Kier alpha value is -3.87. The van der Waals surface area contributed by atoms with Gasteiger partial charge in [-0.05, 0) is 53.3 Å². The molecule has 0 saturated carbocycles. The summed E-state index contributed by atoms with van der Waals surface area (Å²) in [7, 11) is 3.15. The summed E-state index contributed by atoms with van der Waals surface area (Å²) in [6.07, 6.45) is 1.03. The van der Waals surface area contributed by atoms with Gasteiger partial charge in [0.2, 0.25) is 11.8 Å². The van der Waals surface area contributed by atoms with Gasteiger partial charge in [0, 0.05) is 25.9 Å². The van der Waals surface area contributed by atoms with E-state index in [-0.39, 0.29) is 36.5 Å². The molecule has 6 nitrogen and oxygen atoms in total. The molecule has 3 aromatic carbocycles. The van der Waals surface area contributed by atoms with Crippen LogP contribution in [0.4, 0.5) is 4.39 Å². The lowest BCUT2D eigenvalue weighted by atomic mass is 10.0. The second-order valence-electron chi connectivity index (χ2n) is 9.68. The van der Waals surface area contributed by atoms with Crippen molar-refractivity contribution in [3.63, 3.8) is 0 Å². The predicted molar refractivity (Wildman–Crippen MR) is 147 cm³/mol. The van der Waals surface area contributed by atoms with Gasteiger partial charge in [-0.15, -0.1) is 0 Å². The van der Waals surface area contributed by atoms with Gasteiger partial charge < -0.3 is 19.7 Å². The molecule has 38 heavy (non-hydrogen) atoms. The smallest absolute Gasteiger partial charge is 0.243 e. The number of ether oxygens (including phenoxy) is 2. The van der Waals surface area contributed by atoms with E-state index in [1.807, 2.05) is 62.4 Å². The maximum atomic E-state index is 13.8. The standard InChI is InChI=1S/C31H37FN2O4/c1-22(2)20-33-31(36)27(18-23-8-6-5-7-9-23)34(21-25-10-14-26(32)15-11-25)30(35)17-13-24-12-16-28(37-3)29(19-24)38-4/h5-12,14-16,19,22,27H,13,17-18,20-21H2,1-4H3,(H,33,36)/t27-/m0/s1. The van der Waals surface area contributed by atoms with Crippen molar-refractivity contribution in [2.45, 2.75) is 45.7 Å². The molecule has 0 heterocycles. The van der Waals surface area contributed by atoms with Gasteiger partial charge >= 0.3 is 0 Å². The summed E-state index contributed by atoms with van der Waals surface area (Å²) in [4.78, 5) is 28.9. The van der Waals surface area contributed by atoms with Crippen LogP contribution in [0.25, 0.3) is 0 Å². The Labute approximate surface area is 224 Å². The van der Waals surface area contributed by atoms with Gasteiger partial charge in [0.15, 0.2) is 11.5 Å². The fraction of sp³-hybridized carbons (Fsp3) is 0.355. The van der Waals surface area contributed by atoms with Crippen LogP contribution in [0.5, 0.6) is 11.5 Å². The van der Waals surface area contributed by atoms with E-state index in [4.69, 9.17) is 9.47 Å². The summed E-state index contributed by atoms with van der Waals surface area (Å²) >= 11 is 0. The first-order chi connectivity index (χ1) is 18.3. The van der Waals surface area contributed by atoms with E-state index in [1.54, 1.807) is 31.3 Å². The minimum atomic E-state index is -0.723. The number of benzene rings is 3. The first kappa shape index (κ1) is 28.7. The normalized spacial score (nSPS) is 11.6. The third-order valence-corrected chi connectivity index (χ3v) is 6.30. The van der Waals surface area contributed by atoms with E-state index in [0.29, 0.717) is 30.9 Å². The van der Waals surface area contributed by atoms with Gasteiger partial charge in [-0.25, -0.2) is 4.39 Å². The quantitative estimate of drug-likeness (QED) is 0.337. The molecule has 0 aliphatic carbocycles. The molecule has 3 rings (SSSR count). The number of halogens is 1. The zero-order chi connectivity index (χ0) is 27.5. The predicted octanol–water partition coefficient (Wildman–Crippen LogP) is 5.19. The lowest BCUT2D eigenvalue weighted by Crippen LogP contribution is -2.51. The Morgan fingerprint density at radius 2 is 1.53 bits per heavy atom. The summed E-state index contributed by atoms with van der Waals surface area (Å²) in [6.45, 7) is 4.75. The van der Waals surface area contributed by atoms with Crippen molar-refractivity contribution in [1.29, 1.82) is 0 Å². The van der Waals surface area contributed by atoms with Gasteiger partial charge in [-0.2, -0.15) is 0 Å². The Balaban J connectivity index is 1.89. The zero-order valence-corrected chi connectivity index (χ0v) is 22.6. The maximum Gasteiger partial charge on any atom is 0.243 e. The molecule has 7 heteroatoms. The van der Waals surface area contributed by atoms with E-state index >= 15 is 0 Å². The van der Waals surface area contributed by atoms with Crippen molar-refractivity contribution in [2.75, 3.05) is 20.8 Å². The van der Waals surface area contributed by atoms with Gasteiger partial charge in [0.05, 0.1) is 14.2 Å². The number of methoxy groups -OCH3 is 2. The van der Waals surface area contributed by atoms with Crippen LogP contribution < -0.4 is 14.8 Å². The number of nitrogens with zero attached hydrogens (tertiary/aromatic N) is 1. The summed E-state index contributed by atoms with van der Waals surface area (Å²) < 4.78 is 24.3. The van der Waals surface area contributed by atoms with Crippen LogP contribution in [-0.4, -0.2) is 43.5 Å². The molecule has 0 spiro atoms. The fourth-order valence-corrected chi connectivity index (χ4v) is 4.19. The molecule has 0 bridgehead atoms. The first-order valence-corrected chi connectivity index (χ1v) is 12.9. The molecule has 1 N–H and O–H groups in total. The zero-order valence-electron chi connectivity index (χ0n) is 22.6. The Morgan fingerprint density at radius 1 is 0.868 bits per heavy atom. The number of carbonyl (C=O) groups excluding carboxylic acids is 2. The number of amides is 2. The van der Waals surface area contributed by atoms with E-state index in [0.717, 1.165) is 16.7 Å². The molecule has 0 fully saturated rings. The minimum absolute atomic E-state index is 0.162. The molecule has 0 saturated heterocycles. The van der Waals surface area contributed by atoms with Gasteiger partial charge in [-0.3, -0.25) is 9.59 Å². The van der Waals surface area contributed by atoms with E-state index in [2.05, 4.69) is 5.32 Å². The summed E-state index contributed by atoms with van der Waals surface area (Å²) in [5.41, 5.74) is 2.62. The Kier molecular flexibility index (Phi) is 10.7. The Bertz CT molecular complexity index is 1180. The summed E-state index contributed by atoms with van der Waals surface area (Å²) in [5.74, 6) is 0.757. The molecule has 2 amide bonds. The second-order valence-corrected chi connectivity index (χ2v) is 9.68. The number of rotatable bonds is 13. The molecule has 0 unspecified atom stereocenters. The number of carbonyl (C=O) groups is 2. The molecule has 0 aromatic heterocycles. The number of hydrogen-bond donors (Lipinski definition) is 1. The average Bonchev–Trinajstić information content (AvgIpc) is 2.93. The second kappa shape index (κ2) is 14.2. The van der Waals surface area contributed by atoms with Gasteiger partial charge in [-0.1, -0.05) is 62.4 Å². The van der Waals surface area contributed by atoms with Crippen molar-refractivity contribution in [1.82, 2.24) is 10.2 Å². The van der Waals surface area contributed by atoms with Crippen LogP contribution in [0.3, 0.4) is 0 Å². The van der Waals surface area contributed by atoms with Crippen LogP contribution in [0.15, 0.2) is 72.8 Å². The van der Waals surface area contributed by atoms with Crippen molar-refractivity contribution >= 4 is 11.8 Å². The van der Waals surface area contributed by atoms with Crippen LogP contribution >= 0.6 is 0 Å². The topological polar surface area (TPSA) is 67.9 Å². The number of aryl methyl sites for hydroxylation is 1. The monoisotopic (exact) mass is 520 g/mol. The van der Waals surface area contributed by atoms with Crippen molar-refractivity contribution in [3.8, 4) is 11.5 Å². The largest absolute Gasteiger partial charge is 0.493 e. The number of nitrogens with one attached hydrogen (secondary N) is 1. The van der Waals surface area contributed by atoms with Crippen molar-refractivity contribution in [3.05, 3.63) is 95.3 Å². The highest BCUT2D eigenvalue weighted by Crippen LogP contribution is 2.28. The SMILES string of the molecule is COc1ccc(CCC(=O)N(Cc2ccc(F)cc2)[C@@H](Cc2ccccc2)C(=O)NCC(C)C)cc1OC. The molecular weight excluding hydrogens is 483 g/mol. The fourth-order valence-electron chi connectivity index (χ4n) is 4.19. The molecule has 0 aliphatic rings. The molecular formula is C31H37FN2O4. The number of hydrogen-bond acceptors (Lipinski definition) is 4. The van der Waals surface area contributed by atoms with Gasteiger partial charge in [0.1, 0.15) is 11.9 Å². The van der Waals surface area contributed by atoms with E-state index in [9.17, 15) is 14.0 Å². The maximum absolute atomic E-state index is 13.8. The molecule has 3 aromatic rings. The van der Waals surface area contributed by atoms with E-state index < -0.39 is 6.04 Å². The van der Waals surface area contributed by atoms with Crippen LogP contribution in [0.2, 0.25) is 0 Å². The minimum Gasteiger partial charge on any atom is -0.493 e. The van der Waals surface area contributed by atoms with Gasteiger partial charge in [0.25, 0.3) is 0 Å². The highest BCUT2D eigenvalue weighted by atomic mass is 19.1. The van der Waals surface area contributed by atoms with Crippen molar-refractivity contribution < 1.29 is 23.5 Å². The van der Waals surface area contributed by atoms with Crippen LogP contribution in [0.1, 0.15) is 37.0 Å². The first-order valence-electron chi connectivity index (χ1n) is 12.9. The van der Waals surface area contributed by atoms with Crippen molar-refractivity contribution in [2.24, 2.45) is 5.92 Å². The molecule has 0 radical (unpaired) electrons. The lowest BCUT2D eigenvalue weighted by molar-refractivity contribution is -0.141.